The van der Waals surface area contributed by atoms with E-state index in [1.54, 1.807) is 13.0 Å². The van der Waals surface area contributed by atoms with E-state index in [1.807, 2.05) is 44.2 Å². The number of benzene rings is 1. The number of nitrogens with zero attached hydrogens (tertiary/aromatic N) is 1. The van der Waals surface area contributed by atoms with Crippen LogP contribution in [0.5, 0.6) is 0 Å². The summed E-state index contributed by atoms with van der Waals surface area (Å²) in [6.07, 6.45) is 0. The van der Waals surface area contributed by atoms with Crippen molar-refractivity contribution < 1.29 is 9.52 Å². The molecule has 138 valence electrons. The maximum Gasteiger partial charge on any atom is 0.191 e. The molecule has 1 aromatic heterocycles. The zero-order chi connectivity index (χ0) is 17.6. The number of guanidine groups is 1. The standard InChI is InChI=1S/C18H24BrN3O2.HI/c1-4-20-17(21-11-14-6-5-7-15(19)10-14)22-12-18(3,23)16-9-8-13(2)24-16;/h5-10,23H,4,11-12H2,1-3H3,(H2,20,21,22);1H. The number of rotatable bonds is 6. The van der Waals surface area contributed by atoms with Gasteiger partial charge in [0.2, 0.25) is 0 Å². The molecule has 1 heterocycles. The van der Waals surface area contributed by atoms with Crippen molar-refractivity contribution in [2.24, 2.45) is 4.99 Å². The van der Waals surface area contributed by atoms with E-state index in [0.29, 0.717) is 24.8 Å². The number of aliphatic imine (C=N–C) groups is 1. The van der Waals surface area contributed by atoms with Crippen LogP contribution in [0.2, 0.25) is 0 Å². The fourth-order valence-electron chi connectivity index (χ4n) is 2.21. The fourth-order valence-corrected chi connectivity index (χ4v) is 2.66. The SMILES string of the molecule is CCNC(=NCc1cccc(Br)c1)NCC(C)(O)c1ccc(C)o1.I. The van der Waals surface area contributed by atoms with Gasteiger partial charge in [0.05, 0.1) is 13.1 Å². The lowest BCUT2D eigenvalue weighted by molar-refractivity contribution is 0.0378. The predicted molar refractivity (Wildman–Crippen MR) is 115 cm³/mol. The summed E-state index contributed by atoms with van der Waals surface area (Å²) in [7, 11) is 0. The summed E-state index contributed by atoms with van der Waals surface area (Å²) in [5.41, 5.74) is -0.00441. The first kappa shape index (κ1) is 22.0. The molecule has 1 unspecified atom stereocenters. The number of furan rings is 1. The summed E-state index contributed by atoms with van der Waals surface area (Å²) in [6.45, 7) is 7.17. The topological polar surface area (TPSA) is 69.8 Å². The van der Waals surface area contributed by atoms with Crippen molar-refractivity contribution in [3.8, 4) is 0 Å². The summed E-state index contributed by atoms with van der Waals surface area (Å²) in [4.78, 5) is 4.56. The quantitative estimate of drug-likeness (QED) is 0.306. The Morgan fingerprint density at radius 1 is 1.28 bits per heavy atom. The van der Waals surface area contributed by atoms with Crippen LogP contribution in [-0.2, 0) is 12.1 Å². The Bertz CT molecular complexity index is 701. The van der Waals surface area contributed by atoms with Crippen molar-refractivity contribution in [2.45, 2.75) is 32.9 Å². The van der Waals surface area contributed by atoms with Gasteiger partial charge in [-0.15, -0.1) is 24.0 Å². The van der Waals surface area contributed by atoms with Crippen LogP contribution in [-0.4, -0.2) is 24.2 Å². The van der Waals surface area contributed by atoms with Crippen molar-refractivity contribution in [1.29, 1.82) is 0 Å². The molecule has 2 aromatic rings. The molecule has 0 amide bonds. The van der Waals surface area contributed by atoms with Gasteiger partial charge >= 0.3 is 0 Å². The third-order valence-electron chi connectivity index (χ3n) is 3.52. The van der Waals surface area contributed by atoms with Gasteiger partial charge in [-0.25, -0.2) is 4.99 Å². The van der Waals surface area contributed by atoms with E-state index < -0.39 is 5.60 Å². The number of nitrogens with one attached hydrogen (secondary N) is 2. The van der Waals surface area contributed by atoms with E-state index in [2.05, 4.69) is 31.6 Å². The summed E-state index contributed by atoms with van der Waals surface area (Å²) < 4.78 is 6.56. The van der Waals surface area contributed by atoms with Crippen LogP contribution < -0.4 is 10.6 Å². The molecular formula is C18H25BrIN3O2. The summed E-state index contributed by atoms with van der Waals surface area (Å²) in [6, 6.07) is 11.7. The number of hydrogen-bond donors (Lipinski definition) is 3. The Morgan fingerprint density at radius 3 is 2.64 bits per heavy atom. The third kappa shape index (κ3) is 6.99. The smallest absolute Gasteiger partial charge is 0.191 e. The number of aryl methyl sites for hydroxylation is 1. The Balaban J connectivity index is 0.00000312. The van der Waals surface area contributed by atoms with Crippen LogP contribution in [0.4, 0.5) is 0 Å². The molecule has 0 fully saturated rings. The molecule has 0 bridgehead atoms. The van der Waals surface area contributed by atoms with Crippen LogP contribution >= 0.6 is 39.9 Å². The van der Waals surface area contributed by atoms with Gasteiger partial charge in [0.25, 0.3) is 0 Å². The van der Waals surface area contributed by atoms with E-state index in [-0.39, 0.29) is 24.0 Å². The Hall–Kier alpha value is -1.06. The first-order valence-electron chi connectivity index (χ1n) is 7.96. The summed E-state index contributed by atoms with van der Waals surface area (Å²) in [5, 5.41) is 16.9. The molecule has 25 heavy (non-hydrogen) atoms. The van der Waals surface area contributed by atoms with E-state index in [4.69, 9.17) is 4.42 Å². The highest BCUT2D eigenvalue weighted by molar-refractivity contribution is 14.0. The molecule has 0 saturated heterocycles. The number of halogens is 2. The van der Waals surface area contributed by atoms with Gasteiger partial charge in [0.1, 0.15) is 17.1 Å². The lowest BCUT2D eigenvalue weighted by atomic mass is 10.0. The molecule has 0 aliphatic rings. The highest BCUT2D eigenvalue weighted by Gasteiger charge is 2.27. The van der Waals surface area contributed by atoms with Gasteiger partial charge in [-0.3, -0.25) is 0 Å². The Labute approximate surface area is 174 Å². The minimum absolute atomic E-state index is 0. The highest BCUT2D eigenvalue weighted by Crippen LogP contribution is 2.21. The minimum atomic E-state index is -1.11. The van der Waals surface area contributed by atoms with Gasteiger partial charge < -0.3 is 20.2 Å². The zero-order valence-electron chi connectivity index (χ0n) is 14.7. The molecule has 5 nitrogen and oxygen atoms in total. The van der Waals surface area contributed by atoms with Gasteiger partial charge in [-0.05, 0) is 50.6 Å². The van der Waals surface area contributed by atoms with Crippen LogP contribution in [0, 0.1) is 6.92 Å². The van der Waals surface area contributed by atoms with Gasteiger partial charge in [-0.2, -0.15) is 0 Å². The molecule has 7 heteroatoms. The van der Waals surface area contributed by atoms with E-state index >= 15 is 0 Å². The molecule has 2 rings (SSSR count). The highest BCUT2D eigenvalue weighted by atomic mass is 127. The van der Waals surface area contributed by atoms with Crippen LogP contribution in [0.15, 0.2) is 50.3 Å². The maximum atomic E-state index is 10.6. The van der Waals surface area contributed by atoms with Crippen LogP contribution in [0.3, 0.4) is 0 Å². The normalized spacial score (nSPS) is 13.7. The molecule has 3 N–H and O–H groups in total. The van der Waals surface area contributed by atoms with Gasteiger partial charge in [0.15, 0.2) is 5.96 Å². The van der Waals surface area contributed by atoms with Crippen molar-refractivity contribution in [1.82, 2.24) is 10.6 Å². The molecule has 0 aliphatic heterocycles. The largest absolute Gasteiger partial charge is 0.463 e. The van der Waals surface area contributed by atoms with E-state index in [0.717, 1.165) is 22.3 Å². The number of hydrogen-bond acceptors (Lipinski definition) is 3. The van der Waals surface area contributed by atoms with Crippen LogP contribution in [0.25, 0.3) is 0 Å². The predicted octanol–water partition coefficient (Wildman–Crippen LogP) is 3.93. The monoisotopic (exact) mass is 521 g/mol. The third-order valence-corrected chi connectivity index (χ3v) is 4.02. The van der Waals surface area contributed by atoms with Crippen LogP contribution in [0.1, 0.15) is 30.9 Å². The average Bonchev–Trinajstić information content (AvgIpc) is 2.98. The minimum Gasteiger partial charge on any atom is -0.463 e. The van der Waals surface area contributed by atoms with Gasteiger partial charge in [-0.1, -0.05) is 28.1 Å². The molecule has 1 aromatic carbocycles. The lowest BCUT2D eigenvalue weighted by Gasteiger charge is -2.22. The molecule has 0 radical (unpaired) electrons. The van der Waals surface area contributed by atoms with Crippen molar-refractivity contribution in [2.75, 3.05) is 13.1 Å². The maximum absolute atomic E-state index is 10.6. The van der Waals surface area contributed by atoms with E-state index in [9.17, 15) is 5.11 Å². The first-order valence-corrected chi connectivity index (χ1v) is 8.76. The summed E-state index contributed by atoms with van der Waals surface area (Å²) in [5.74, 6) is 1.97. The number of aliphatic hydroxyl groups is 1. The second kappa shape index (κ2) is 10.2. The van der Waals surface area contributed by atoms with E-state index in [1.165, 1.54) is 0 Å². The first-order chi connectivity index (χ1) is 11.4. The fraction of sp³-hybridized carbons (Fsp3) is 0.389. The summed E-state index contributed by atoms with van der Waals surface area (Å²) >= 11 is 3.46. The molecule has 0 aliphatic carbocycles. The van der Waals surface area contributed by atoms with Crippen molar-refractivity contribution in [3.05, 3.63) is 58.0 Å². The molecule has 0 spiro atoms. The second-order valence-corrected chi connectivity index (χ2v) is 6.78. The zero-order valence-corrected chi connectivity index (χ0v) is 18.6. The second-order valence-electron chi connectivity index (χ2n) is 5.86. The Kier molecular flexibility index (Phi) is 8.95. The van der Waals surface area contributed by atoms with Crippen molar-refractivity contribution >= 4 is 45.9 Å². The van der Waals surface area contributed by atoms with Gasteiger partial charge in [0, 0.05) is 11.0 Å². The van der Waals surface area contributed by atoms with Crippen molar-refractivity contribution in [3.63, 3.8) is 0 Å². The lowest BCUT2D eigenvalue weighted by Crippen LogP contribution is -2.44. The molecule has 0 saturated carbocycles. The molecule has 1 atom stereocenters. The Morgan fingerprint density at radius 2 is 2.04 bits per heavy atom. The average molecular weight is 522 g/mol. The molecular weight excluding hydrogens is 497 g/mol.